The highest BCUT2D eigenvalue weighted by atomic mass is 32.1. The van der Waals surface area contributed by atoms with Crippen molar-refractivity contribution >= 4 is 40.3 Å². The van der Waals surface area contributed by atoms with Gasteiger partial charge in [-0.3, -0.25) is 14.6 Å². The van der Waals surface area contributed by atoms with E-state index < -0.39 is 0 Å². The molecule has 1 atom stereocenters. The first-order valence-corrected chi connectivity index (χ1v) is 13.0. The molecule has 0 saturated carbocycles. The second kappa shape index (κ2) is 9.83. The lowest BCUT2D eigenvalue weighted by atomic mass is 10.0. The second-order valence-corrected chi connectivity index (χ2v) is 10.4. The van der Waals surface area contributed by atoms with Gasteiger partial charge in [0, 0.05) is 35.9 Å². The Morgan fingerprint density at radius 2 is 1.94 bits per heavy atom. The van der Waals surface area contributed by atoms with E-state index in [1.54, 1.807) is 4.90 Å². The number of nitrogens with one attached hydrogen (secondary N) is 2. The van der Waals surface area contributed by atoms with E-state index in [4.69, 9.17) is 0 Å². The van der Waals surface area contributed by atoms with Crippen molar-refractivity contribution in [1.29, 1.82) is 0 Å². The number of para-hydroxylation sites is 2. The second-order valence-electron chi connectivity index (χ2n) is 9.29. The van der Waals surface area contributed by atoms with Crippen LogP contribution >= 0.6 is 11.3 Å². The number of amides is 3. The highest BCUT2D eigenvalue weighted by Crippen LogP contribution is 2.42. The third-order valence-corrected chi connectivity index (χ3v) is 8.00. The van der Waals surface area contributed by atoms with Crippen molar-refractivity contribution in [3.8, 4) is 0 Å². The van der Waals surface area contributed by atoms with E-state index in [9.17, 15) is 9.59 Å². The van der Waals surface area contributed by atoms with Crippen molar-refractivity contribution in [2.24, 2.45) is 0 Å². The Kier molecular flexibility index (Phi) is 6.66. The molecule has 1 aromatic heterocycles. The van der Waals surface area contributed by atoms with Gasteiger partial charge in [-0.15, -0.1) is 11.3 Å². The molecule has 0 spiro atoms. The monoisotopic (exact) mass is 467 g/mol. The van der Waals surface area contributed by atoms with Crippen LogP contribution in [-0.4, -0.2) is 67.0 Å². The molecule has 0 aliphatic carbocycles. The zero-order chi connectivity index (χ0) is 22.8. The molecule has 7 nitrogen and oxygen atoms in total. The van der Waals surface area contributed by atoms with Crippen LogP contribution in [0.5, 0.6) is 0 Å². The highest BCUT2D eigenvalue weighted by molar-refractivity contribution is 7.11. The first kappa shape index (κ1) is 22.4. The topological polar surface area (TPSA) is 67.9 Å². The number of hydrogen-bond acceptors (Lipinski definition) is 5. The van der Waals surface area contributed by atoms with E-state index in [0.29, 0.717) is 35.2 Å². The van der Waals surface area contributed by atoms with Gasteiger partial charge in [-0.2, -0.15) is 0 Å². The summed E-state index contributed by atoms with van der Waals surface area (Å²) in [6, 6.07) is 7.90. The van der Waals surface area contributed by atoms with Crippen LogP contribution in [0, 0.1) is 6.92 Å². The lowest BCUT2D eigenvalue weighted by Crippen LogP contribution is -2.49. The summed E-state index contributed by atoms with van der Waals surface area (Å²) in [5.74, 6) is -0.171. The van der Waals surface area contributed by atoms with Gasteiger partial charge in [0.05, 0.1) is 22.6 Å². The summed E-state index contributed by atoms with van der Waals surface area (Å²) >= 11 is 1.50. The predicted octanol–water partition coefficient (Wildman–Crippen LogP) is 4.42. The molecule has 2 N–H and O–H groups in total. The van der Waals surface area contributed by atoms with Crippen LogP contribution in [0.25, 0.3) is 0 Å². The summed E-state index contributed by atoms with van der Waals surface area (Å²) in [5.41, 5.74) is 2.59. The number of aryl methyl sites for hydroxylation is 1. The minimum absolute atomic E-state index is 0.171. The van der Waals surface area contributed by atoms with E-state index in [2.05, 4.69) is 20.4 Å². The van der Waals surface area contributed by atoms with E-state index in [0.717, 1.165) is 24.5 Å². The molecule has 33 heavy (non-hydrogen) atoms. The van der Waals surface area contributed by atoms with Crippen molar-refractivity contribution < 1.29 is 9.59 Å². The number of carbonyl (C=O) groups excluding carboxylic acids is 2. The SMILES string of the molecule is Cc1scc2c1N(C(=O)NCCN1CCCCC1CN1CCCC1)c1ccccc1NC2=O. The average molecular weight is 468 g/mol. The van der Waals surface area contributed by atoms with Gasteiger partial charge in [0.15, 0.2) is 0 Å². The maximum absolute atomic E-state index is 13.5. The van der Waals surface area contributed by atoms with Gasteiger partial charge >= 0.3 is 6.03 Å². The number of thiophene rings is 1. The van der Waals surface area contributed by atoms with Gasteiger partial charge in [-0.25, -0.2) is 4.79 Å². The number of likely N-dealkylation sites (tertiary alicyclic amines) is 2. The first-order valence-electron chi connectivity index (χ1n) is 12.1. The molecule has 5 rings (SSSR count). The summed E-state index contributed by atoms with van der Waals surface area (Å²) in [7, 11) is 0. The van der Waals surface area contributed by atoms with Gasteiger partial charge in [0.2, 0.25) is 0 Å². The standard InChI is InChI=1S/C25H33N5O2S/c1-18-23-20(17-33-18)24(31)27-21-9-2-3-10-22(21)30(23)25(32)26-11-15-29-14-5-4-8-19(29)16-28-12-6-7-13-28/h2-3,9-10,17,19H,4-8,11-16H2,1H3,(H,26,32)(H,27,31). The predicted molar refractivity (Wildman–Crippen MR) is 134 cm³/mol. The third-order valence-electron chi connectivity index (χ3n) is 7.10. The number of hydrogen-bond donors (Lipinski definition) is 2. The summed E-state index contributed by atoms with van der Waals surface area (Å²) in [6.45, 7) is 8.11. The van der Waals surface area contributed by atoms with Gasteiger partial charge in [0.25, 0.3) is 5.91 Å². The molecule has 4 heterocycles. The van der Waals surface area contributed by atoms with Crippen LogP contribution < -0.4 is 15.5 Å². The lowest BCUT2D eigenvalue weighted by Gasteiger charge is -2.38. The van der Waals surface area contributed by atoms with Crippen molar-refractivity contribution in [3.63, 3.8) is 0 Å². The smallest absolute Gasteiger partial charge is 0.326 e. The average Bonchev–Trinajstić information content (AvgIpc) is 3.44. The number of rotatable bonds is 5. The summed E-state index contributed by atoms with van der Waals surface area (Å²) in [4.78, 5) is 34.0. The molecule has 176 valence electrons. The molecule has 1 aromatic carbocycles. The quantitative estimate of drug-likeness (QED) is 0.683. The van der Waals surface area contributed by atoms with Crippen LogP contribution in [0.15, 0.2) is 29.6 Å². The molecule has 3 amide bonds. The largest absolute Gasteiger partial charge is 0.336 e. The Balaban J connectivity index is 1.29. The maximum Gasteiger partial charge on any atom is 0.326 e. The Hall–Kier alpha value is -2.42. The van der Waals surface area contributed by atoms with Crippen molar-refractivity contribution in [3.05, 3.63) is 40.1 Å². The number of urea groups is 1. The van der Waals surface area contributed by atoms with Crippen molar-refractivity contribution in [2.45, 2.75) is 45.1 Å². The number of piperidine rings is 1. The molecule has 3 aliphatic rings. The third kappa shape index (κ3) is 4.65. The van der Waals surface area contributed by atoms with Crippen LogP contribution in [0.3, 0.4) is 0 Å². The Labute approximate surface area is 199 Å². The zero-order valence-electron chi connectivity index (χ0n) is 19.3. The number of anilines is 3. The van der Waals surface area contributed by atoms with Crippen LogP contribution in [-0.2, 0) is 0 Å². The highest BCUT2D eigenvalue weighted by Gasteiger charge is 2.32. The molecule has 2 saturated heterocycles. The molecule has 0 bridgehead atoms. The fraction of sp³-hybridized carbons (Fsp3) is 0.520. The molecular weight excluding hydrogens is 434 g/mol. The van der Waals surface area contributed by atoms with E-state index >= 15 is 0 Å². The molecular formula is C25H33N5O2S. The lowest BCUT2D eigenvalue weighted by molar-refractivity contribution is 0.102. The molecule has 3 aliphatic heterocycles. The van der Waals surface area contributed by atoms with Crippen molar-refractivity contribution in [1.82, 2.24) is 15.1 Å². The van der Waals surface area contributed by atoms with Crippen molar-refractivity contribution in [2.75, 3.05) is 49.5 Å². The summed E-state index contributed by atoms with van der Waals surface area (Å²) < 4.78 is 0. The number of carbonyl (C=O) groups is 2. The molecule has 2 aromatic rings. The van der Waals surface area contributed by atoms with Gasteiger partial charge < -0.3 is 15.5 Å². The minimum Gasteiger partial charge on any atom is -0.336 e. The van der Waals surface area contributed by atoms with E-state index in [1.807, 2.05) is 36.6 Å². The zero-order valence-corrected chi connectivity index (χ0v) is 20.1. The van der Waals surface area contributed by atoms with Crippen LogP contribution in [0.1, 0.15) is 47.3 Å². The summed E-state index contributed by atoms with van der Waals surface area (Å²) in [6.07, 6.45) is 6.42. The maximum atomic E-state index is 13.5. The molecule has 2 fully saturated rings. The van der Waals surface area contributed by atoms with Crippen LogP contribution in [0.2, 0.25) is 0 Å². The van der Waals surface area contributed by atoms with E-state index in [-0.39, 0.29) is 11.9 Å². The molecule has 8 heteroatoms. The normalized spacial score (nSPS) is 21.3. The Morgan fingerprint density at radius 1 is 1.15 bits per heavy atom. The number of nitrogens with zero attached hydrogens (tertiary/aromatic N) is 3. The fourth-order valence-electron chi connectivity index (χ4n) is 5.39. The Bertz CT molecular complexity index is 1020. The van der Waals surface area contributed by atoms with Crippen LogP contribution in [0.4, 0.5) is 21.9 Å². The fourth-order valence-corrected chi connectivity index (χ4v) is 6.22. The van der Waals surface area contributed by atoms with E-state index in [1.165, 1.54) is 56.5 Å². The molecule has 0 radical (unpaired) electrons. The van der Waals surface area contributed by atoms with Gasteiger partial charge in [-0.1, -0.05) is 18.6 Å². The minimum atomic E-state index is -0.185. The summed E-state index contributed by atoms with van der Waals surface area (Å²) in [5, 5.41) is 7.95. The van der Waals surface area contributed by atoms with Gasteiger partial charge in [-0.05, 0) is 64.4 Å². The number of fused-ring (bicyclic) bond motifs is 2. The number of benzene rings is 1. The van der Waals surface area contributed by atoms with Gasteiger partial charge in [0.1, 0.15) is 0 Å². The Morgan fingerprint density at radius 3 is 2.79 bits per heavy atom. The first-order chi connectivity index (χ1) is 16.1. The molecule has 1 unspecified atom stereocenters.